The minimum absolute atomic E-state index is 0.0698. The molecular weight excluding hydrogens is 336 g/mol. The van der Waals surface area contributed by atoms with Gasteiger partial charge in [0.25, 0.3) is 0 Å². The third kappa shape index (κ3) is 3.68. The quantitative estimate of drug-likeness (QED) is 0.742. The van der Waals surface area contributed by atoms with Gasteiger partial charge in [-0.05, 0) is 43.5 Å². The lowest BCUT2D eigenvalue weighted by atomic mass is 10.0. The molecule has 3 aromatic rings. The summed E-state index contributed by atoms with van der Waals surface area (Å²) < 4.78 is 2.15. The maximum atomic E-state index is 12.9. The van der Waals surface area contributed by atoms with Crippen molar-refractivity contribution in [2.75, 3.05) is 18.4 Å². The Balaban J connectivity index is 1.48. The van der Waals surface area contributed by atoms with E-state index >= 15 is 0 Å². The topological polar surface area (TPSA) is 50.2 Å². The zero-order valence-electron chi connectivity index (χ0n) is 15.8. The average Bonchev–Trinajstić information content (AvgIpc) is 3.05. The highest BCUT2D eigenvalue weighted by molar-refractivity contribution is 5.78. The molecule has 140 valence electrons. The fourth-order valence-electron chi connectivity index (χ4n) is 3.97. The summed E-state index contributed by atoms with van der Waals surface area (Å²) in [5.41, 5.74) is 3.17. The molecule has 0 unspecified atom stereocenters. The molecule has 1 aromatic heterocycles. The molecule has 0 saturated carbocycles. The number of hydrogen-bond acceptors (Lipinski definition) is 3. The van der Waals surface area contributed by atoms with E-state index in [2.05, 4.69) is 23.0 Å². The fraction of sp³-hybridized carbons (Fsp3) is 0.364. The van der Waals surface area contributed by atoms with Gasteiger partial charge in [0, 0.05) is 32.2 Å². The van der Waals surface area contributed by atoms with Gasteiger partial charge in [0.05, 0.1) is 17.1 Å². The van der Waals surface area contributed by atoms with E-state index in [4.69, 9.17) is 4.98 Å². The van der Waals surface area contributed by atoms with Crippen molar-refractivity contribution < 1.29 is 4.79 Å². The van der Waals surface area contributed by atoms with Gasteiger partial charge in [-0.3, -0.25) is 4.79 Å². The molecule has 0 spiro atoms. The number of likely N-dealkylation sites (tertiary alicyclic amines) is 1. The van der Waals surface area contributed by atoms with Crippen LogP contribution in [-0.2, 0) is 11.8 Å². The van der Waals surface area contributed by atoms with Crippen LogP contribution in [0.25, 0.3) is 11.0 Å². The minimum Gasteiger partial charge on any atom is -0.385 e. The van der Waals surface area contributed by atoms with E-state index in [0.717, 1.165) is 48.4 Å². The number of aromatic nitrogens is 2. The molecule has 2 heterocycles. The number of para-hydroxylation sites is 3. The maximum absolute atomic E-state index is 12.9. The van der Waals surface area contributed by atoms with Crippen molar-refractivity contribution in [2.24, 2.45) is 7.05 Å². The molecule has 1 aliphatic rings. The van der Waals surface area contributed by atoms with Crippen LogP contribution in [0.3, 0.4) is 0 Å². The molecule has 5 nitrogen and oxygen atoms in total. The number of nitrogens with zero attached hydrogens (tertiary/aromatic N) is 3. The Morgan fingerprint density at radius 3 is 2.70 bits per heavy atom. The summed E-state index contributed by atoms with van der Waals surface area (Å²) in [6, 6.07) is 18.3. The Hall–Kier alpha value is -2.82. The van der Waals surface area contributed by atoms with Crippen LogP contribution in [0.2, 0.25) is 0 Å². The summed E-state index contributed by atoms with van der Waals surface area (Å²) in [5, 5.41) is 3.33. The molecule has 1 saturated heterocycles. The van der Waals surface area contributed by atoms with Gasteiger partial charge in [-0.15, -0.1) is 0 Å². The number of carbonyl (C=O) groups is 1. The predicted molar refractivity (Wildman–Crippen MR) is 109 cm³/mol. The van der Waals surface area contributed by atoms with E-state index in [-0.39, 0.29) is 11.9 Å². The van der Waals surface area contributed by atoms with E-state index in [1.54, 1.807) is 0 Å². The van der Waals surface area contributed by atoms with Crippen LogP contribution in [0.4, 0.5) is 5.69 Å². The molecular formula is C22H26N4O. The normalized spacial score (nSPS) is 17.2. The number of rotatable bonds is 5. The number of nitrogens with one attached hydrogen (secondary N) is 1. The van der Waals surface area contributed by atoms with E-state index in [1.165, 1.54) is 0 Å². The average molecular weight is 362 g/mol. The van der Waals surface area contributed by atoms with Crippen LogP contribution in [0.1, 0.15) is 37.5 Å². The molecule has 2 aromatic carbocycles. The Morgan fingerprint density at radius 1 is 1.11 bits per heavy atom. The van der Waals surface area contributed by atoms with Crippen LogP contribution in [0, 0.1) is 0 Å². The number of aryl methyl sites for hydroxylation is 1. The number of fused-ring (bicyclic) bond motifs is 1. The molecule has 27 heavy (non-hydrogen) atoms. The first-order valence-electron chi connectivity index (χ1n) is 9.74. The monoisotopic (exact) mass is 362 g/mol. The number of piperidine rings is 1. The van der Waals surface area contributed by atoms with Gasteiger partial charge in [0.15, 0.2) is 0 Å². The fourth-order valence-corrected chi connectivity index (χ4v) is 3.97. The predicted octanol–water partition coefficient (Wildman–Crippen LogP) is 4.13. The highest BCUT2D eigenvalue weighted by Crippen LogP contribution is 2.32. The van der Waals surface area contributed by atoms with Crippen molar-refractivity contribution in [3.05, 3.63) is 60.4 Å². The van der Waals surface area contributed by atoms with Gasteiger partial charge in [0.2, 0.25) is 5.91 Å². The van der Waals surface area contributed by atoms with E-state index in [0.29, 0.717) is 13.0 Å². The van der Waals surface area contributed by atoms with Crippen molar-refractivity contribution in [1.82, 2.24) is 14.5 Å². The van der Waals surface area contributed by atoms with Gasteiger partial charge in [-0.25, -0.2) is 4.98 Å². The summed E-state index contributed by atoms with van der Waals surface area (Å²) in [5.74, 6) is 1.20. The third-order valence-corrected chi connectivity index (χ3v) is 5.38. The van der Waals surface area contributed by atoms with Crippen LogP contribution in [0.15, 0.2) is 54.6 Å². The SMILES string of the molecule is Cn1c([C@H]2CCCCN2C(=O)CCNc2ccccc2)nc2ccccc21. The van der Waals surface area contributed by atoms with Crippen molar-refractivity contribution in [3.8, 4) is 0 Å². The highest BCUT2D eigenvalue weighted by Gasteiger charge is 2.30. The van der Waals surface area contributed by atoms with Gasteiger partial charge in [-0.1, -0.05) is 30.3 Å². The Labute approximate surface area is 160 Å². The second kappa shape index (κ2) is 7.82. The minimum atomic E-state index is 0.0698. The van der Waals surface area contributed by atoms with E-state index < -0.39 is 0 Å². The summed E-state index contributed by atoms with van der Waals surface area (Å²) in [7, 11) is 2.05. The Kier molecular flexibility index (Phi) is 5.10. The lowest BCUT2D eigenvalue weighted by Crippen LogP contribution is -2.40. The molecule has 0 aliphatic carbocycles. The van der Waals surface area contributed by atoms with Crippen molar-refractivity contribution >= 4 is 22.6 Å². The number of imidazole rings is 1. The van der Waals surface area contributed by atoms with E-state index in [9.17, 15) is 4.79 Å². The Morgan fingerprint density at radius 2 is 1.89 bits per heavy atom. The second-order valence-corrected chi connectivity index (χ2v) is 7.16. The largest absolute Gasteiger partial charge is 0.385 e. The zero-order valence-corrected chi connectivity index (χ0v) is 15.8. The lowest BCUT2D eigenvalue weighted by molar-refractivity contribution is -0.135. The summed E-state index contributed by atoms with van der Waals surface area (Å²) in [4.78, 5) is 19.8. The Bertz CT molecular complexity index is 918. The maximum Gasteiger partial charge on any atom is 0.224 e. The molecule has 5 heteroatoms. The first-order valence-corrected chi connectivity index (χ1v) is 9.74. The van der Waals surface area contributed by atoms with Crippen molar-refractivity contribution in [3.63, 3.8) is 0 Å². The van der Waals surface area contributed by atoms with Crippen molar-refractivity contribution in [1.29, 1.82) is 0 Å². The second-order valence-electron chi connectivity index (χ2n) is 7.16. The summed E-state index contributed by atoms with van der Waals surface area (Å²) >= 11 is 0. The number of carbonyl (C=O) groups excluding carboxylic acids is 1. The molecule has 0 bridgehead atoms. The van der Waals surface area contributed by atoms with Crippen LogP contribution in [-0.4, -0.2) is 33.4 Å². The molecule has 4 rings (SSSR count). The molecule has 1 atom stereocenters. The molecule has 1 fully saturated rings. The summed E-state index contributed by atoms with van der Waals surface area (Å²) in [6.45, 7) is 1.46. The van der Waals surface area contributed by atoms with Gasteiger partial charge < -0.3 is 14.8 Å². The number of hydrogen-bond donors (Lipinski definition) is 1. The molecule has 0 radical (unpaired) electrons. The third-order valence-electron chi connectivity index (χ3n) is 5.38. The first kappa shape index (κ1) is 17.6. The number of anilines is 1. The smallest absolute Gasteiger partial charge is 0.224 e. The lowest BCUT2D eigenvalue weighted by Gasteiger charge is -2.35. The van der Waals surface area contributed by atoms with Gasteiger partial charge in [-0.2, -0.15) is 0 Å². The van der Waals surface area contributed by atoms with Crippen molar-refractivity contribution in [2.45, 2.75) is 31.7 Å². The molecule has 1 amide bonds. The van der Waals surface area contributed by atoms with Gasteiger partial charge >= 0.3 is 0 Å². The standard InChI is InChI=1S/C22H26N4O/c1-25-19-12-6-5-11-18(19)24-22(25)20-13-7-8-16-26(20)21(27)14-15-23-17-9-3-2-4-10-17/h2-6,9-12,20,23H,7-8,13-16H2,1H3/t20-/m1/s1. The first-order chi connectivity index (χ1) is 13.2. The molecule has 1 aliphatic heterocycles. The summed E-state index contributed by atoms with van der Waals surface area (Å²) in [6.07, 6.45) is 3.68. The van der Waals surface area contributed by atoms with Crippen LogP contribution >= 0.6 is 0 Å². The van der Waals surface area contributed by atoms with E-state index in [1.807, 2.05) is 53.4 Å². The molecule has 1 N–H and O–H groups in total. The number of benzene rings is 2. The van der Waals surface area contributed by atoms with Crippen LogP contribution < -0.4 is 5.32 Å². The number of amides is 1. The zero-order chi connectivity index (χ0) is 18.6. The van der Waals surface area contributed by atoms with Crippen LogP contribution in [0.5, 0.6) is 0 Å². The van der Waals surface area contributed by atoms with Gasteiger partial charge in [0.1, 0.15) is 5.82 Å². The highest BCUT2D eigenvalue weighted by atomic mass is 16.2.